The Morgan fingerprint density at radius 3 is 2.10 bits per heavy atom. The number of rotatable bonds is 4. The van der Waals surface area contributed by atoms with Crippen molar-refractivity contribution in [1.29, 1.82) is 0 Å². The average molecular weight is 410 g/mol. The van der Waals surface area contributed by atoms with E-state index < -0.39 is 10.5 Å². The fraction of sp³-hybridized carbons (Fsp3) is 0.0800. The Morgan fingerprint density at radius 2 is 1.52 bits per heavy atom. The number of hydrogen-bond donors (Lipinski definition) is 0. The fourth-order valence-corrected chi connectivity index (χ4v) is 4.22. The zero-order valence-corrected chi connectivity index (χ0v) is 16.7. The Balaban J connectivity index is 2.05. The molecule has 0 saturated heterocycles. The van der Waals surface area contributed by atoms with Crippen LogP contribution in [0, 0.1) is 10.1 Å². The van der Waals surface area contributed by atoms with Crippen molar-refractivity contribution in [3.05, 3.63) is 99.4 Å². The number of non-ortho nitro benzene ring substituents is 1. The maximum atomic E-state index is 13.3. The third-order valence-electron chi connectivity index (χ3n) is 5.54. The molecule has 6 nitrogen and oxygen atoms in total. The highest BCUT2D eigenvalue weighted by Gasteiger charge is 2.24. The van der Waals surface area contributed by atoms with Gasteiger partial charge >= 0.3 is 5.63 Å². The van der Waals surface area contributed by atoms with Crippen LogP contribution in [0.25, 0.3) is 44.3 Å². The number of nitrogens with zero attached hydrogens (tertiary/aromatic N) is 2. The van der Waals surface area contributed by atoms with Gasteiger partial charge in [0, 0.05) is 29.6 Å². The van der Waals surface area contributed by atoms with Crippen LogP contribution in [0.2, 0.25) is 0 Å². The molecular weight excluding hydrogens is 392 g/mol. The lowest BCUT2D eigenvalue weighted by molar-refractivity contribution is -0.384. The minimum Gasteiger partial charge on any atom is -0.405 e. The number of aryl methyl sites for hydroxylation is 1. The fourth-order valence-electron chi connectivity index (χ4n) is 4.22. The number of fused-ring (bicyclic) bond motifs is 3. The van der Waals surface area contributed by atoms with E-state index in [-0.39, 0.29) is 5.69 Å². The first-order chi connectivity index (χ1) is 15.1. The van der Waals surface area contributed by atoms with Gasteiger partial charge in [0.1, 0.15) is 0 Å². The van der Waals surface area contributed by atoms with Crippen LogP contribution < -0.4 is 5.63 Å². The van der Waals surface area contributed by atoms with Gasteiger partial charge < -0.3 is 8.98 Å². The van der Waals surface area contributed by atoms with Crippen LogP contribution in [0.15, 0.2) is 88.1 Å². The Hall–Kier alpha value is -4.19. The monoisotopic (exact) mass is 410 g/mol. The Morgan fingerprint density at radius 1 is 0.903 bits per heavy atom. The van der Waals surface area contributed by atoms with Crippen LogP contribution >= 0.6 is 0 Å². The molecule has 0 bridgehead atoms. The molecule has 6 heteroatoms. The number of nitro groups is 1. The first kappa shape index (κ1) is 18.8. The van der Waals surface area contributed by atoms with E-state index in [0.717, 1.165) is 22.2 Å². The molecule has 0 atom stereocenters. The SMILES string of the molecule is CCn1c2ccc([N+](=O)[O-])cc2c2c(-c3ccccc3)c(-c3ccccc3)c(=O)oc21. The summed E-state index contributed by atoms with van der Waals surface area (Å²) in [6.45, 7) is 2.51. The summed E-state index contributed by atoms with van der Waals surface area (Å²) >= 11 is 0. The van der Waals surface area contributed by atoms with Crippen molar-refractivity contribution in [2.24, 2.45) is 0 Å². The highest BCUT2D eigenvalue weighted by molar-refractivity contribution is 6.16. The van der Waals surface area contributed by atoms with Crippen LogP contribution in [0.5, 0.6) is 0 Å². The van der Waals surface area contributed by atoms with E-state index in [2.05, 4.69) is 0 Å². The van der Waals surface area contributed by atoms with E-state index in [1.165, 1.54) is 6.07 Å². The molecule has 0 aliphatic carbocycles. The summed E-state index contributed by atoms with van der Waals surface area (Å²) in [7, 11) is 0. The first-order valence-electron chi connectivity index (χ1n) is 9.98. The lowest BCUT2D eigenvalue weighted by atomic mass is 9.93. The molecule has 0 amide bonds. The predicted octanol–water partition coefficient (Wildman–Crippen LogP) is 6.01. The first-order valence-corrected chi connectivity index (χ1v) is 9.98. The molecule has 0 fully saturated rings. The number of hydrogen-bond acceptors (Lipinski definition) is 4. The normalized spacial score (nSPS) is 11.3. The maximum Gasteiger partial charge on any atom is 0.346 e. The quantitative estimate of drug-likeness (QED) is 0.268. The summed E-state index contributed by atoms with van der Waals surface area (Å²) < 4.78 is 7.74. The minimum atomic E-state index is -0.440. The summed E-state index contributed by atoms with van der Waals surface area (Å²) in [5.74, 6) is 0. The number of nitro benzene ring substituents is 1. The molecule has 31 heavy (non-hydrogen) atoms. The minimum absolute atomic E-state index is 0.00544. The second-order valence-corrected chi connectivity index (χ2v) is 7.25. The third kappa shape index (κ3) is 2.92. The van der Waals surface area contributed by atoms with Crippen LogP contribution in [-0.4, -0.2) is 9.49 Å². The molecule has 2 heterocycles. The second kappa shape index (κ2) is 7.25. The molecular formula is C25H18N2O4. The van der Waals surface area contributed by atoms with E-state index in [4.69, 9.17) is 4.42 Å². The van der Waals surface area contributed by atoms with Gasteiger partial charge in [0.25, 0.3) is 5.69 Å². The summed E-state index contributed by atoms with van der Waals surface area (Å²) in [4.78, 5) is 24.3. The smallest absolute Gasteiger partial charge is 0.346 e. The molecule has 3 aromatic carbocycles. The van der Waals surface area contributed by atoms with Gasteiger partial charge in [-0.15, -0.1) is 0 Å². The van der Waals surface area contributed by atoms with Crippen LogP contribution in [0.3, 0.4) is 0 Å². The summed E-state index contributed by atoms with van der Waals surface area (Å²) in [6.07, 6.45) is 0. The van der Waals surface area contributed by atoms with Gasteiger partial charge in [-0.25, -0.2) is 4.79 Å². The maximum absolute atomic E-state index is 13.3. The van der Waals surface area contributed by atoms with E-state index in [1.54, 1.807) is 12.1 Å². The van der Waals surface area contributed by atoms with Crippen LogP contribution in [0.4, 0.5) is 5.69 Å². The van der Waals surface area contributed by atoms with Crippen molar-refractivity contribution in [1.82, 2.24) is 4.57 Å². The summed E-state index contributed by atoms with van der Waals surface area (Å²) in [5.41, 5.74) is 3.51. The molecule has 0 aliphatic heterocycles. The van der Waals surface area contributed by atoms with Gasteiger partial charge in [0.15, 0.2) is 0 Å². The average Bonchev–Trinajstić information content (AvgIpc) is 3.11. The molecule has 0 spiro atoms. The van der Waals surface area contributed by atoms with Crippen molar-refractivity contribution in [2.45, 2.75) is 13.5 Å². The van der Waals surface area contributed by atoms with E-state index in [9.17, 15) is 14.9 Å². The number of benzene rings is 3. The lowest BCUT2D eigenvalue weighted by Crippen LogP contribution is -2.07. The summed E-state index contributed by atoms with van der Waals surface area (Å²) in [6, 6.07) is 23.7. The molecule has 5 aromatic rings. The highest BCUT2D eigenvalue weighted by atomic mass is 16.6. The molecule has 0 unspecified atom stereocenters. The van der Waals surface area contributed by atoms with E-state index >= 15 is 0 Å². The summed E-state index contributed by atoms with van der Waals surface area (Å²) in [5, 5.41) is 12.9. The van der Waals surface area contributed by atoms with Crippen molar-refractivity contribution in [3.63, 3.8) is 0 Å². The molecule has 0 radical (unpaired) electrons. The van der Waals surface area contributed by atoms with Crippen molar-refractivity contribution < 1.29 is 9.34 Å². The highest BCUT2D eigenvalue weighted by Crippen LogP contribution is 2.41. The van der Waals surface area contributed by atoms with Crippen LogP contribution in [0.1, 0.15) is 6.92 Å². The molecule has 0 N–H and O–H groups in total. The van der Waals surface area contributed by atoms with Gasteiger partial charge in [-0.3, -0.25) is 10.1 Å². The van der Waals surface area contributed by atoms with E-state index in [1.807, 2.05) is 72.2 Å². The largest absolute Gasteiger partial charge is 0.405 e. The Kier molecular flexibility index (Phi) is 4.40. The van der Waals surface area contributed by atoms with Crippen molar-refractivity contribution in [3.8, 4) is 22.3 Å². The van der Waals surface area contributed by atoms with E-state index in [0.29, 0.717) is 28.6 Å². The van der Waals surface area contributed by atoms with Crippen molar-refractivity contribution in [2.75, 3.05) is 0 Å². The van der Waals surface area contributed by atoms with Gasteiger partial charge in [0.05, 0.1) is 21.4 Å². The molecule has 5 rings (SSSR count). The lowest BCUT2D eigenvalue weighted by Gasteiger charge is -2.11. The second-order valence-electron chi connectivity index (χ2n) is 7.25. The van der Waals surface area contributed by atoms with Crippen LogP contribution in [-0.2, 0) is 6.54 Å². The molecule has 0 saturated carbocycles. The van der Waals surface area contributed by atoms with Gasteiger partial charge in [-0.05, 0) is 24.1 Å². The van der Waals surface area contributed by atoms with Gasteiger partial charge in [-0.1, -0.05) is 60.7 Å². The molecule has 0 aliphatic rings. The predicted molar refractivity (Wildman–Crippen MR) is 121 cm³/mol. The van der Waals surface area contributed by atoms with Gasteiger partial charge in [0.2, 0.25) is 5.71 Å². The third-order valence-corrected chi connectivity index (χ3v) is 5.54. The zero-order valence-electron chi connectivity index (χ0n) is 16.7. The number of aromatic nitrogens is 1. The molecule has 152 valence electrons. The van der Waals surface area contributed by atoms with Crippen molar-refractivity contribution >= 4 is 27.7 Å². The standard InChI is InChI=1S/C25H18N2O4/c1-2-26-20-14-13-18(27(29)30)15-19(20)23-21(16-9-5-3-6-10-16)22(25(28)31-24(23)26)17-11-7-4-8-12-17/h3-15H,2H2,1H3. The zero-order chi connectivity index (χ0) is 21.5. The topological polar surface area (TPSA) is 78.3 Å². The molecule has 2 aromatic heterocycles. The Bertz CT molecular complexity index is 1500. The Labute approximate surface area is 177 Å². The van der Waals surface area contributed by atoms with Gasteiger partial charge in [-0.2, -0.15) is 0 Å².